The average Bonchev–Trinajstić information content (AvgIpc) is 3.34. The first-order valence-electron chi connectivity index (χ1n) is 10.8. The van der Waals surface area contributed by atoms with Gasteiger partial charge in [-0.3, -0.25) is 0 Å². The van der Waals surface area contributed by atoms with E-state index in [9.17, 15) is 4.79 Å². The fourth-order valence-corrected chi connectivity index (χ4v) is 4.11. The van der Waals surface area contributed by atoms with Gasteiger partial charge in [-0.2, -0.15) is 0 Å². The number of hydrogen-bond acceptors (Lipinski definition) is 6. The van der Waals surface area contributed by atoms with Crippen molar-refractivity contribution in [2.45, 2.75) is 85.2 Å². The molecule has 1 aromatic heterocycles. The van der Waals surface area contributed by atoms with Crippen molar-refractivity contribution in [2.75, 3.05) is 25.2 Å². The van der Waals surface area contributed by atoms with Crippen molar-refractivity contribution in [3.05, 3.63) is 17.6 Å². The average molecular weight is 393 g/mol. The minimum Gasteiger partial charge on any atom is -0.385 e. The number of carbonyl (C=O) groups excluding carboxylic acids is 1. The van der Waals surface area contributed by atoms with Gasteiger partial charge in [0.1, 0.15) is 17.9 Å². The van der Waals surface area contributed by atoms with Crippen LogP contribution in [0.5, 0.6) is 0 Å². The minimum absolute atomic E-state index is 0.0481. The topological polar surface area (TPSA) is 81.3 Å². The van der Waals surface area contributed by atoms with Gasteiger partial charge in [0.25, 0.3) is 0 Å². The van der Waals surface area contributed by atoms with Gasteiger partial charge in [-0.05, 0) is 38.0 Å². The normalized spacial score (nSPS) is 19.6. The zero-order chi connectivity index (χ0) is 21.0. The second-order valence-corrected chi connectivity index (χ2v) is 7.56. The first kappa shape index (κ1) is 24.5. The molecular weight excluding hydrogens is 352 g/mol. The molecule has 2 aliphatic rings. The summed E-state index contributed by atoms with van der Waals surface area (Å²) in [4.78, 5) is 22.4. The molecule has 1 saturated carbocycles. The lowest BCUT2D eigenvalue weighted by atomic mass is 9.84. The Labute approximate surface area is 171 Å². The van der Waals surface area contributed by atoms with Crippen molar-refractivity contribution in [2.24, 2.45) is 11.1 Å². The molecule has 6 nitrogen and oxygen atoms in total. The van der Waals surface area contributed by atoms with Gasteiger partial charge in [-0.15, -0.1) is 0 Å². The number of aryl methyl sites for hydroxylation is 1. The monoisotopic (exact) mass is 392 g/mol. The summed E-state index contributed by atoms with van der Waals surface area (Å²) in [5, 5.41) is 0. The standard InChI is InChI=1S/C15H22N4O.C5H12O.C2H6/c1-11-17-12(8-16)6-14(18-11)19-10-15(4-2-3-5-15)7-13(19)9-20;1-3-4-5-6-2;1-2/h6,9,13H,2-5,7-8,10,16H2,1H3;3-5H2,1-2H3;1-2H3. The van der Waals surface area contributed by atoms with Crippen LogP contribution < -0.4 is 10.6 Å². The van der Waals surface area contributed by atoms with Gasteiger partial charge in [-0.1, -0.05) is 40.0 Å². The van der Waals surface area contributed by atoms with Crippen LogP contribution in [0.2, 0.25) is 0 Å². The van der Waals surface area contributed by atoms with Crippen LogP contribution in [0.3, 0.4) is 0 Å². The Balaban J connectivity index is 0.000000422. The lowest BCUT2D eigenvalue weighted by molar-refractivity contribution is -0.108. The van der Waals surface area contributed by atoms with E-state index in [2.05, 4.69) is 21.8 Å². The Morgan fingerprint density at radius 2 is 2.00 bits per heavy atom. The summed E-state index contributed by atoms with van der Waals surface area (Å²) >= 11 is 0. The fraction of sp³-hybridized carbons (Fsp3) is 0.773. The summed E-state index contributed by atoms with van der Waals surface area (Å²) in [5.41, 5.74) is 6.85. The van der Waals surface area contributed by atoms with E-state index in [0.29, 0.717) is 12.0 Å². The van der Waals surface area contributed by atoms with E-state index in [4.69, 9.17) is 10.5 Å². The molecule has 1 aliphatic heterocycles. The highest BCUT2D eigenvalue weighted by Crippen LogP contribution is 2.48. The summed E-state index contributed by atoms with van der Waals surface area (Å²) in [6, 6.07) is 1.88. The Morgan fingerprint density at radius 1 is 1.32 bits per heavy atom. The molecule has 160 valence electrons. The summed E-state index contributed by atoms with van der Waals surface area (Å²) in [6.07, 6.45) is 9.52. The van der Waals surface area contributed by atoms with Crippen molar-refractivity contribution in [1.82, 2.24) is 9.97 Å². The molecule has 0 amide bonds. The van der Waals surface area contributed by atoms with Crippen LogP contribution in [0.1, 0.15) is 77.2 Å². The van der Waals surface area contributed by atoms with Crippen molar-refractivity contribution in [1.29, 1.82) is 0 Å². The van der Waals surface area contributed by atoms with Gasteiger partial charge in [0, 0.05) is 32.9 Å². The SMILES string of the molecule is CC.CCCCOC.Cc1nc(CN)cc(N2CC3(CCCC3)CC2C=O)n1. The first-order valence-corrected chi connectivity index (χ1v) is 10.8. The van der Waals surface area contributed by atoms with Crippen molar-refractivity contribution in [3.8, 4) is 0 Å². The Bertz CT molecular complexity index is 570. The molecule has 0 aromatic carbocycles. The van der Waals surface area contributed by atoms with E-state index < -0.39 is 0 Å². The molecule has 6 heteroatoms. The third-order valence-corrected chi connectivity index (χ3v) is 5.45. The summed E-state index contributed by atoms with van der Waals surface area (Å²) in [5.74, 6) is 1.58. The molecule has 1 unspecified atom stereocenters. The van der Waals surface area contributed by atoms with Gasteiger partial charge < -0.3 is 20.2 Å². The Kier molecular flexibility index (Phi) is 11.2. The Hall–Kier alpha value is -1.53. The molecule has 2 heterocycles. The van der Waals surface area contributed by atoms with Crippen molar-refractivity contribution < 1.29 is 9.53 Å². The van der Waals surface area contributed by atoms with E-state index in [1.807, 2.05) is 26.8 Å². The van der Waals surface area contributed by atoms with Gasteiger partial charge >= 0.3 is 0 Å². The Morgan fingerprint density at radius 3 is 2.50 bits per heavy atom. The van der Waals surface area contributed by atoms with Crippen molar-refractivity contribution >= 4 is 12.1 Å². The van der Waals surface area contributed by atoms with E-state index in [1.54, 1.807) is 7.11 Å². The highest BCUT2D eigenvalue weighted by Gasteiger charge is 2.45. The van der Waals surface area contributed by atoms with Gasteiger partial charge in [0.2, 0.25) is 0 Å². The van der Waals surface area contributed by atoms with E-state index in [-0.39, 0.29) is 6.04 Å². The molecule has 1 aliphatic carbocycles. The predicted octanol–water partition coefficient (Wildman–Crippen LogP) is 4.04. The molecular formula is C22H40N4O2. The summed E-state index contributed by atoms with van der Waals surface area (Å²) in [6.45, 7) is 10.3. The number of ether oxygens (including phenoxy) is 1. The van der Waals surface area contributed by atoms with Crippen LogP contribution in [-0.4, -0.2) is 42.6 Å². The molecule has 2 fully saturated rings. The van der Waals surface area contributed by atoms with E-state index >= 15 is 0 Å². The smallest absolute Gasteiger partial charge is 0.142 e. The highest BCUT2D eigenvalue weighted by molar-refractivity contribution is 5.66. The maximum atomic E-state index is 11.5. The van der Waals surface area contributed by atoms with Crippen LogP contribution in [0.25, 0.3) is 0 Å². The van der Waals surface area contributed by atoms with Crippen molar-refractivity contribution in [3.63, 3.8) is 0 Å². The first-order chi connectivity index (χ1) is 13.6. The molecule has 2 N–H and O–H groups in total. The highest BCUT2D eigenvalue weighted by atomic mass is 16.5. The molecule has 28 heavy (non-hydrogen) atoms. The summed E-state index contributed by atoms with van der Waals surface area (Å²) < 4.78 is 4.78. The number of anilines is 1. The molecule has 1 aromatic rings. The number of aromatic nitrogens is 2. The second kappa shape index (κ2) is 12.8. The molecule has 1 atom stereocenters. The number of aldehydes is 1. The van der Waals surface area contributed by atoms with Crippen LogP contribution in [-0.2, 0) is 16.1 Å². The third kappa shape index (κ3) is 6.82. The predicted molar refractivity (Wildman–Crippen MR) is 116 cm³/mol. The van der Waals surface area contributed by atoms with Crippen LogP contribution in [0.15, 0.2) is 6.07 Å². The van der Waals surface area contributed by atoms with Gasteiger partial charge in [0.15, 0.2) is 0 Å². The molecule has 0 radical (unpaired) electrons. The lowest BCUT2D eigenvalue weighted by Gasteiger charge is -2.25. The van der Waals surface area contributed by atoms with E-state index in [1.165, 1.54) is 38.5 Å². The lowest BCUT2D eigenvalue weighted by Crippen LogP contribution is -2.32. The van der Waals surface area contributed by atoms with Gasteiger partial charge in [0.05, 0.1) is 11.7 Å². The molecule has 0 bridgehead atoms. The largest absolute Gasteiger partial charge is 0.385 e. The van der Waals surface area contributed by atoms with Crippen LogP contribution in [0.4, 0.5) is 5.82 Å². The number of hydrogen-bond donors (Lipinski definition) is 1. The van der Waals surface area contributed by atoms with Crippen LogP contribution in [0, 0.1) is 12.3 Å². The zero-order valence-electron chi connectivity index (χ0n) is 18.5. The summed E-state index contributed by atoms with van der Waals surface area (Å²) in [7, 11) is 1.73. The second-order valence-electron chi connectivity index (χ2n) is 7.56. The maximum absolute atomic E-state index is 11.5. The van der Waals surface area contributed by atoms with E-state index in [0.717, 1.165) is 43.2 Å². The zero-order valence-corrected chi connectivity index (χ0v) is 18.5. The third-order valence-electron chi connectivity index (χ3n) is 5.45. The minimum atomic E-state index is -0.0481. The van der Waals surface area contributed by atoms with Gasteiger partial charge in [-0.25, -0.2) is 9.97 Å². The molecule has 1 saturated heterocycles. The molecule has 1 spiro atoms. The number of unbranched alkanes of at least 4 members (excludes halogenated alkanes) is 1. The quantitative estimate of drug-likeness (QED) is 0.581. The number of carbonyl (C=O) groups is 1. The number of rotatable bonds is 6. The van der Waals surface area contributed by atoms with Crippen LogP contribution >= 0.6 is 0 Å². The number of nitrogens with two attached hydrogens (primary N) is 1. The number of methoxy groups -OCH3 is 1. The maximum Gasteiger partial charge on any atom is 0.142 e. The fourth-order valence-electron chi connectivity index (χ4n) is 4.11. The number of nitrogens with zero attached hydrogens (tertiary/aromatic N) is 3. The molecule has 3 rings (SSSR count).